The molecule has 19 heavy (non-hydrogen) atoms. The van der Waals surface area contributed by atoms with E-state index in [-0.39, 0.29) is 6.04 Å². The van der Waals surface area contributed by atoms with Gasteiger partial charge in [-0.2, -0.15) is 0 Å². The largest absolute Gasteiger partial charge is 0.323 e. The molecular formula is C17H28N2. The van der Waals surface area contributed by atoms with Crippen LogP contribution in [0.1, 0.15) is 55.3 Å². The standard InChI is InChI=1S/C17H28N2/c1-4-19(16-7-5-6-8-16)12-17(18)15-10-9-13(2)14(3)11-15/h9-11,16-17H,4-8,12,18H2,1-3H3. The Bertz CT molecular complexity index is 408. The molecule has 0 amide bonds. The molecule has 106 valence electrons. The van der Waals surface area contributed by atoms with E-state index >= 15 is 0 Å². The Kier molecular flexibility index (Phi) is 5.00. The fraction of sp³-hybridized carbons (Fsp3) is 0.647. The van der Waals surface area contributed by atoms with Crippen LogP contribution in [0.4, 0.5) is 0 Å². The van der Waals surface area contributed by atoms with Crippen LogP contribution in [-0.2, 0) is 0 Å². The highest BCUT2D eigenvalue weighted by atomic mass is 15.2. The van der Waals surface area contributed by atoms with Crippen molar-refractivity contribution in [1.29, 1.82) is 0 Å². The Balaban J connectivity index is 2.01. The minimum absolute atomic E-state index is 0.139. The highest BCUT2D eigenvalue weighted by Crippen LogP contribution is 2.25. The molecule has 0 bridgehead atoms. The van der Waals surface area contributed by atoms with Gasteiger partial charge in [0, 0.05) is 18.6 Å². The molecule has 0 aromatic heterocycles. The maximum Gasteiger partial charge on any atom is 0.0424 e. The molecule has 2 rings (SSSR count). The number of hydrogen-bond acceptors (Lipinski definition) is 2. The van der Waals surface area contributed by atoms with Gasteiger partial charge in [0.15, 0.2) is 0 Å². The van der Waals surface area contributed by atoms with Gasteiger partial charge in [-0.15, -0.1) is 0 Å². The molecule has 2 heteroatoms. The Morgan fingerprint density at radius 3 is 2.47 bits per heavy atom. The second kappa shape index (κ2) is 6.53. The van der Waals surface area contributed by atoms with E-state index in [4.69, 9.17) is 5.73 Å². The summed E-state index contributed by atoms with van der Waals surface area (Å²) in [5.74, 6) is 0. The van der Waals surface area contributed by atoms with E-state index in [1.54, 1.807) is 0 Å². The fourth-order valence-electron chi connectivity index (χ4n) is 3.16. The average molecular weight is 260 g/mol. The van der Waals surface area contributed by atoms with E-state index in [1.807, 2.05) is 0 Å². The third kappa shape index (κ3) is 3.58. The second-order valence-corrected chi connectivity index (χ2v) is 5.98. The van der Waals surface area contributed by atoms with Gasteiger partial charge in [0.05, 0.1) is 0 Å². The summed E-state index contributed by atoms with van der Waals surface area (Å²) in [5.41, 5.74) is 10.4. The van der Waals surface area contributed by atoms with Gasteiger partial charge >= 0.3 is 0 Å². The van der Waals surface area contributed by atoms with Gasteiger partial charge < -0.3 is 5.73 Å². The first-order valence-electron chi connectivity index (χ1n) is 7.68. The van der Waals surface area contributed by atoms with Crippen LogP contribution in [0.5, 0.6) is 0 Å². The number of nitrogens with zero attached hydrogens (tertiary/aromatic N) is 1. The molecule has 1 aliphatic carbocycles. The summed E-state index contributed by atoms with van der Waals surface area (Å²) >= 11 is 0. The van der Waals surface area contributed by atoms with Crippen LogP contribution in [0.25, 0.3) is 0 Å². The van der Waals surface area contributed by atoms with Crippen LogP contribution in [0.3, 0.4) is 0 Å². The van der Waals surface area contributed by atoms with Crippen LogP contribution in [-0.4, -0.2) is 24.0 Å². The van der Waals surface area contributed by atoms with E-state index in [0.29, 0.717) is 0 Å². The molecule has 2 nitrogen and oxygen atoms in total. The van der Waals surface area contributed by atoms with E-state index in [2.05, 4.69) is 43.9 Å². The van der Waals surface area contributed by atoms with Gasteiger partial charge in [-0.05, 0) is 49.9 Å². The molecule has 0 aliphatic heterocycles. The van der Waals surface area contributed by atoms with E-state index in [9.17, 15) is 0 Å². The maximum atomic E-state index is 6.42. The lowest BCUT2D eigenvalue weighted by Crippen LogP contribution is -2.38. The van der Waals surface area contributed by atoms with Crippen molar-refractivity contribution < 1.29 is 0 Å². The molecule has 1 fully saturated rings. The van der Waals surface area contributed by atoms with Gasteiger partial charge in [-0.3, -0.25) is 4.90 Å². The van der Waals surface area contributed by atoms with Gasteiger partial charge in [-0.25, -0.2) is 0 Å². The number of likely N-dealkylation sites (N-methyl/N-ethyl adjacent to an activating group) is 1. The zero-order valence-corrected chi connectivity index (χ0v) is 12.7. The molecule has 0 spiro atoms. The van der Waals surface area contributed by atoms with Crippen molar-refractivity contribution in [3.8, 4) is 0 Å². The Morgan fingerprint density at radius 2 is 1.89 bits per heavy atom. The molecular weight excluding hydrogens is 232 g/mol. The molecule has 2 N–H and O–H groups in total. The second-order valence-electron chi connectivity index (χ2n) is 5.98. The summed E-state index contributed by atoms with van der Waals surface area (Å²) in [7, 11) is 0. The SMILES string of the molecule is CCN(CC(N)c1ccc(C)c(C)c1)C1CCCC1. The summed E-state index contributed by atoms with van der Waals surface area (Å²) < 4.78 is 0. The highest BCUT2D eigenvalue weighted by molar-refractivity contribution is 5.31. The molecule has 1 atom stereocenters. The Labute approximate surface area is 118 Å². The first kappa shape index (κ1) is 14.5. The predicted octanol–water partition coefficient (Wildman–Crippen LogP) is 3.57. The molecule has 1 aromatic rings. The summed E-state index contributed by atoms with van der Waals surface area (Å²) in [5, 5.41) is 0. The molecule has 0 saturated heterocycles. The lowest BCUT2D eigenvalue weighted by atomic mass is 10.0. The number of aryl methyl sites for hydroxylation is 2. The smallest absolute Gasteiger partial charge is 0.0424 e. The number of hydrogen-bond donors (Lipinski definition) is 1. The monoisotopic (exact) mass is 260 g/mol. The van der Waals surface area contributed by atoms with Crippen molar-refractivity contribution in [1.82, 2.24) is 4.90 Å². The average Bonchev–Trinajstić information content (AvgIpc) is 2.92. The summed E-state index contributed by atoms with van der Waals surface area (Å²) in [6.45, 7) is 8.68. The van der Waals surface area contributed by atoms with Gasteiger partial charge in [0.25, 0.3) is 0 Å². The number of benzene rings is 1. The summed E-state index contributed by atoms with van der Waals surface area (Å²) in [6.07, 6.45) is 5.49. The number of nitrogens with two attached hydrogens (primary N) is 1. The minimum atomic E-state index is 0.139. The van der Waals surface area contributed by atoms with Crippen LogP contribution in [0.15, 0.2) is 18.2 Å². The first-order valence-corrected chi connectivity index (χ1v) is 7.68. The highest BCUT2D eigenvalue weighted by Gasteiger charge is 2.23. The van der Waals surface area contributed by atoms with Crippen molar-refractivity contribution in [2.24, 2.45) is 5.73 Å². The predicted molar refractivity (Wildman–Crippen MR) is 82.3 cm³/mol. The molecule has 0 heterocycles. The lowest BCUT2D eigenvalue weighted by Gasteiger charge is -2.30. The Morgan fingerprint density at radius 1 is 1.21 bits per heavy atom. The Hall–Kier alpha value is -0.860. The van der Waals surface area contributed by atoms with Crippen LogP contribution >= 0.6 is 0 Å². The van der Waals surface area contributed by atoms with E-state index < -0.39 is 0 Å². The van der Waals surface area contributed by atoms with Crippen molar-refractivity contribution in [2.75, 3.05) is 13.1 Å². The van der Waals surface area contributed by atoms with Gasteiger partial charge in [0.2, 0.25) is 0 Å². The van der Waals surface area contributed by atoms with Crippen molar-refractivity contribution in [3.05, 3.63) is 34.9 Å². The molecule has 1 saturated carbocycles. The van der Waals surface area contributed by atoms with Crippen molar-refractivity contribution >= 4 is 0 Å². The lowest BCUT2D eigenvalue weighted by molar-refractivity contribution is 0.197. The molecule has 1 aliphatic rings. The van der Waals surface area contributed by atoms with Crippen LogP contribution < -0.4 is 5.73 Å². The quantitative estimate of drug-likeness (QED) is 0.877. The molecule has 0 radical (unpaired) electrons. The van der Waals surface area contributed by atoms with E-state index in [0.717, 1.165) is 19.1 Å². The van der Waals surface area contributed by atoms with Crippen molar-refractivity contribution in [3.63, 3.8) is 0 Å². The van der Waals surface area contributed by atoms with Crippen LogP contribution in [0.2, 0.25) is 0 Å². The third-order valence-electron chi connectivity index (χ3n) is 4.64. The molecule has 1 unspecified atom stereocenters. The first-order chi connectivity index (χ1) is 9.11. The fourth-order valence-corrected chi connectivity index (χ4v) is 3.16. The normalized spacial score (nSPS) is 18.2. The van der Waals surface area contributed by atoms with Gasteiger partial charge in [-0.1, -0.05) is 38.0 Å². The molecule has 1 aromatic carbocycles. The maximum absolute atomic E-state index is 6.42. The summed E-state index contributed by atoms with van der Waals surface area (Å²) in [6, 6.07) is 7.54. The van der Waals surface area contributed by atoms with Crippen LogP contribution in [0, 0.1) is 13.8 Å². The topological polar surface area (TPSA) is 29.3 Å². The summed E-state index contributed by atoms with van der Waals surface area (Å²) in [4.78, 5) is 2.58. The van der Waals surface area contributed by atoms with Crippen molar-refractivity contribution in [2.45, 2.75) is 58.5 Å². The zero-order valence-electron chi connectivity index (χ0n) is 12.7. The van der Waals surface area contributed by atoms with E-state index in [1.165, 1.54) is 42.4 Å². The zero-order chi connectivity index (χ0) is 13.8. The number of rotatable bonds is 5. The van der Waals surface area contributed by atoms with Gasteiger partial charge in [0.1, 0.15) is 0 Å². The minimum Gasteiger partial charge on any atom is -0.323 e. The third-order valence-corrected chi connectivity index (χ3v) is 4.64.